The fourth-order valence-corrected chi connectivity index (χ4v) is 2.50. The van der Waals surface area contributed by atoms with Crippen molar-refractivity contribution >= 4 is 5.97 Å². The number of rotatable bonds is 3. The molecule has 0 aliphatic rings. The highest BCUT2D eigenvalue weighted by Crippen LogP contribution is 2.27. The first-order chi connectivity index (χ1) is 11.2. The maximum absolute atomic E-state index is 11.3. The van der Waals surface area contributed by atoms with E-state index in [2.05, 4.69) is 6.07 Å². The molecular formula is C20H13NO2. The zero-order valence-corrected chi connectivity index (χ0v) is 12.2. The molecule has 23 heavy (non-hydrogen) atoms. The highest BCUT2D eigenvalue weighted by molar-refractivity contribution is 5.96. The van der Waals surface area contributed by atoms with Crippen LogP contribution in [0.25, 0.3) is 22.3 Å². The lowest BCUT2D eigenvalue weighted by Crippen LogP contribution is -1.98. The molecule has 3 nitrogen and oxygen atoms in total. The Morgan fingerprint density at radius 3 is 1.87 bits per heavy atom. The molecule has 0 spiro atoms. The first-order valence-electron chi connectivity index (χ1n) is 7.12. The highest BCUT2D eigenvalue weighted by atomic mass is 16.4. The predicted molar refractivity (Wildman–Crippen MR) is 89.0 cm³/mol. The van der Waals surface area contributed by atoms with E-state index >= 15 is 0 Å². The van der Waals surface area contributed by atoms with E-state index in [1.165, 1.54) is 0 Å². The van der Waals surface area contributed by atoms with Crippen LogP contribution in [0.5, 0.6) is 0 Å². The van der Waals surface area contributed by atoms with E-state index in [1.54, 1.807) is 30.3 Å². The summed E-state index contributed by atoms with van der Waals surface area (Å²) in [6.45, 7) is 0. The summed E-state index contributed by atoms with van der Waals surface area (Å²) in [5.41, 5.74) is 4.51. The van der Waals surface area contributed by atoms with Crippen molar-refractivity contribution < 1.29 is 9.90 Å². The normalized spacial score (nSPS) is 10.0. The van der Waals surface area contributed by atoms with Crippen molar-refractivity contribution in [3.63, 3.8) is 0 Å². The molecule has 0 saturated carbocycles. The molecule has 0 atom stereocenters. The average molecular weight is 299 g/mol. The largest absolute Gasteiger partial charge is 0.478 e. The number of nitrogens with zero attached hydrogens (tertiary/aromatic N) is 1. The molecule has 0 saturated heterocycles. The predicted octanol–water partition coefficient (Wildman–Crippen LogP) is 4.59. The van der Waals surface area contributed by atoms with Gasteiger partial charge in [-0.3, -0.25) is 0 Å². The SMILES string of the molecule is N#Cc1ccc(-c2ccc(-c3ccccc3C(=O)O)cc2)cc1. The monoisotopic (exact) mass is 299 g/mol. The second-order valence-corrected chi connectivity index (χ2v) is 5.12. The van der Waals surface area contributed by atoms with Gasteiger partial charge in [0.05, 0.1) is 17.2 Å². The molecule has 0 heterocycles. The number of carboxylic acid groups (broad SMARTS) is 1. The van der Waals surface area contributed by atoms with E-state index in [-0.39, 0.29) is 0 Å². The minimum absolute atomic E-state index is 0.290. The Morgan fingerprint density at radius 1 is 0.783 bits per heavy atom. The average Bonchev–Trinajstić information content (AvgIpc) is 2.62. The van der Waals surface area contributed by atoms with Gasteiger partial charge in [0.15, 0.2) is 0 Å². The zero-order valence-electron chi connectivity index (χ0n) is 12.2. The van der Waals surface area contributed by atoms with Crippen LogP contribution in [0.4, 0.5) is 0 Å². The highest BCUT2D eigenvalue weighted by Gasteiger charge is 2.10. The molecule has 0 amide bonds. The molecule has 0 unspecified atom stereocenters. The number of aromatic carboxylic acids is 1. The van der Waals surface area contributed by atoms with Crippen LogP contribution in [-0.4, -0.2) is 11.1 Å². The van der Waals surface area contributed by atoms with Crippen LogP contribution >= 0.6 is 0 Å². The van der Waals surface area contributed by atoms with Crippen molar-refractivity contribution in [3.05, 3.63) is 83.9 Å². The molecule has 0 aromatic heterocycles. The van der Waals surface area contributed by atoms with Gasteiger partial charge >= 0.3 is 5.97 Å². The number of hydrogen-bond donors (Lipinski definition) is 1. The second-order valence-electron chi connectivity index (χ2n) is 5.12. The van der Waals surface area contributed by atoms with Gasteiger partial charge in [-0.15, -0.1) is 0 Å². The van der Waals surface area contributed by atoms with Gasteiger partial charge < -0.3 is 5.11 Å². The van der Waals surface area contributed by atoms with Crippen LogP contribution in [-0.2, 0) is 0 Å². The Bertz CT molecular complexity index is 888. The summed E-state index contributed by atoms with van der Waals surface area (Å²) >= 11 is 0. The first kappa shape index (κ1) is 14.6. The molecule has 0 aliphatic heterocycles. The Kier molecular flexibility index (Phi) is 3.90. The van der Waals surface area contributed by atoms with E-state index in [9.17, 15) is 9.90 Å². The Labute approximate surface area is 134 Å². The molecule has 3 aromatic rings. The van der Waals surface area contributed by atoms with Crippen molar-refractivity contribution in [2.75, 3.05) is 0 Å². The van der Waals surface area contributed by atoms with Gasteiger partial charge in [-0.1, -0.05) is 54.6 Å². The van der Waals surface area contributed by atoms with E-state index in [0.29, 0.717) is 16.7 Å². The quantitative estimate of drug-likeness (QED) is 0.769. The summed E-state index contributed by atoms with van der Waals surface area (Å²) < 4.78 is 0. The Hall–Kier alpha value is -3.38. The molecule has 0 aliphatic carbocycles. The summed E-state index contributed by atoms with van der Waals surface area (Å²) in [5, 5.41) is 18.1. The lowest BCUT2D eigenvalue weighted by atomic mass is 9.97. The smallest absolute Gasteiger partial charge is 0.336 e. The molecule has 1 N–H and O–H groups in total. The zero-order chi connectivity index (χ0) is 16.2. The Balaban J connectivity index is 1.96. The number of nitriles is 1. The maximum atomic E-state index is 11.3. The van der Waals surface area contributed by atoms with E-state index in [1.807, 2.05) is 42.5 Å². The van der Waals surface area contributed by atoms with Gasteiger partial charge in [-0.2, -0.15) is 5.26 Å². The van der Waals surface area contributed by atoms with Crippen LogP contribution in [0, 0.1) is 11.3 Å². The third-order valence-electron chi connectivity index (χ3n) is 3.70. The molecule has 0 fully saturated rings. The van der Waals surface area contributed by atoms with Crippen LogP contribution in [0.2, 0.25) is 0 Å². The van der Waals surface area contributed by atoms with Gasteiger partial charge in [0.25, 0.3) is 0 Å². The fraction of sp³-hybridized carbons (Fsp3) is 0. The number of benzene rings is 3. The van der Waals surface area contributed by atoms with Crippen molar-refractivity contribution in [1.29, 1.82) is 5.26 Å². The minimum atomic E-state index is -0.934. The molecule has 3 rings (SSSR count). The van der Waals surface area contributed by atoms with Crippen molar-refractivity contribution in [3.8, 4) is 28.3 Å². The van der Waals surface area contributed by atoms with Gasteiger partial charge in [0.1, 0.15) is 0 Å². The van der Waals surface area contributed by atoms with Crippen LogP contribution in [0.15, 0.2) is 72.8 Å². The third-order valence-corrected chi connectivity index (χ3v) is 3.70. The number of carbonyl (C=O) groups is 1. The van der Waals surface area contributed by atoms with Crippen LogP contribution in [0.3, 0.4) is 0 Å². The fourth-order valence-electron chi connectivity index (χ4n) is 2.50. The van der Waals surface area contributed by atoms with Gasteiger partial charge in [-0.05, 0) is 40.5 Å². The summed E-state index contributed by atoms with van der Waals surface area (Å²) in [4.78, 5) is 11.3. The van der Waals surface area contributed by atoms with E-state index in [4.69, 9.17) is 5.26 Å². The van der Waals surface area contributed by atoms with Gasteiger partial charge in [-0.25, -0.2) is 4.79 Å². The third kappa shape index (κ3) is 2.97. The molecule has 110 valence electrons. The van der Waals surface area contributed by atoms with Crippen LogP contribution < -0.4 is 0 Å². The van der Waals surface area contributed by atoms with Crippen molar-refractivity contribution in [2.45, 2.75) is 0 Å². The topological polar surface area (TPSA) is 61.1 Å². The summed E-state index contributed by atoms with van der Waals surface area (Å²) in [5.74, 6) is -0.934. The molecule has 3 aromatic carbocycles. The van der Waals surface area contributed by atoms with Gasteiger partial charge in [0.2, 0.25) is 0 Å². The molecule has 0 radical (unpaired) electrons. The van der Waals surface area contributed by atoms with Crippen molar-refractivity contribution in [2.24, 2.45) is 0 Å². The summed E-state index contributed by atoms with van der Waals surface area (Å²) in [6.07, 6.45) is 0. The summed E-state index contributed by atoms with van der Waals surface area (Å²) in [7, 11) is 0. The molecule has 3 heteroatoms. The van der Waals surface area contributed by atoms with Gasteiger partial charge in [0, 0.05) is 0 Å². The van der Waals surface area contributed by atoms with Crippen molar-refractivity contribution in [1.82, 2.24) is 0 Å². The maximum Gasteiger partial charge on any atom is 0.336 e. The first-order valence-corrected chi connectivity index (χ1v) is 7.12. The van der Waals surface area contributed by atoms with Crippen LogP contribution in [0.1, 0.15) is 15.9 Å². The number of hydrogen-bond acceptors (Lipinski definition) is 2. The number of carboxylic acids is 1. The lowest BCUT2D eigenvalue weighted by molar-refractivity contribution is 0.0697. The second kappa shape index (κ2) is 6.17. The van der Waals surface area contributed by atoms with E-state index in [0.717, 1.165) is 16.7 Å². The Morgan fingerprint density at radius 2 is 1.30 bits per heavy atom. The van der Waals surface area contributed by atoms with E-state index < -0.39 is 5.97 Å². The minimum Gasteiger partial charge on any atom is -0.478 e. The lowest BCUT2D eigenvalue weighted by Gasteiger charge is -2.08. The molecule has 0 bridgehead atoms. The summed E-state index contributed by atoms with van der Waals surface area (Å²) in [6, 6.07) is 24.2. The standard InChI is InChI=1S/C20H13NO2/c21-13-14-5-7-15(8-6-14)16-9-11-17(12-10-16)18-3-1-2-4-19(18)20(22)23/h1-12H,(H,22,23). The molecular weight excluding hydrogens is 286 g/mol.